The molecule has 0 heterocycles. The fourth-order valence-electron chi connectivity index (χ4n) is 12.0. The Labute approximate surface area is 535 Å². The Morgan fingerprint density at radius 2 is 0.407 bits per heavy atom. The van der Waals surface area contributed by atoms with Crippen LogP contribution in [0.1, 0.15) is 413 Å². The molecule has 0 unspecified atom stereocenters. The number of ether oxygens (including phenoxy) is 3. The molecule has 0 radical (unpaired) electrons. The first-order valence-electron chi connectivity index (χ1n) is 38.6. The fraction of sp³-hybridized carbons (Fsp3) is 0.947. The fourth-order valence-corrected chi connectivity index (χ4v) is 12.0. The van der Waals surface area contributed by atoms with Gasteiger partial charge < -0.3 is 19.5 Å². The zero-order valence-corrected chi connectivity index (χ0v) is 58.3. The summed E-state index contributed by atoms with van der Waals surface area (Å²) < 4.78 is 17.3. The van der Waals surface area contributed by atoms with Gasteiger partial charge in [-0.25, -0.2) is 10.0 Å². The van der Waals surface area contributed by atoms with Gasteiger partial charge in [0.1, 0.15) is 0 Å². The molecule has 1 N–H and O–H groups in total. The van der Waals surface area contributed by atoms with Gasteiger partial charge in [0.25, 0.3) is 0 Å². The average Bonchev–Trinajstić information content (AvgIpc) is 3.60. The maximum atomic E-state index is 13.4. The molecule has 86 heavy (non-hydrogen) atoms. The lowest BCUT2D eigenvalue weighted by atomic mass is 10.0. The minimum absolute atomic E-state index is 0.0230. The normalized spacial score (nSPS) is 11.6. The zero-order chi connectivity index (χ0) is 62.4. The Hall–Kier alpha value is -2.20. The molecule has 0 saturated carbocycles. The van der Waals surface area contributed by atoms with Crippen LogP contribution in [0.25, 0.3) is 0 Å². The summed E-state index contributed by atoms with van der Waals surface area (Å²) in [4.78, 5) is 53.2. The summed E-state index contributed by atoms with van der Waals surface area (Å²) >= 11 is 0. The topological polar surface area (TPSA) is 114 Å². The van der Waals surface area contributed by atoms with E-state index in [-0.39, 0.29) is 49.5 Å². The summed E-state index contributed by atoms with van der Waals surface area (Å²) in [6.45, 7) is 12.3. The highest BCUT2D eigenvalue weighted by atomic mass is 16.5. The number of carbonyl (C=O) groups excluding carboxylic acids is 4. The molecule has 0 fully saturated rings. The number of nitrogens with one attached hydrogen (secondary N) is 1. The molecule has 0 aromatic carbocycles. The van der Waals surface area contributed by atoms with Crippen molar-refractivity contribution in [1.29, 1.82) is 0 Å². The molecule has 0 aliphatic heterocycles. The summed E-state index contributed by atoms with van der Waals surface area (Å²) in [7, 11) is 0. The first kappa shape index (κ1) is 83.8. The summed E-state index contributed by atoms with van der Waals surface area (Å²) in [6.07, 6.45) is 72.5. The van der Waals surface area contributed by atoms with E-state index >= 15 is 0 Å². The van der Waals surface area contributed by atoms with Crippen molar-refractivity contribution < 1.29 is 33.4 Å². The molecule has 0 saturated heterocycles. The van der Waals surface area contributed by atoms with Crippen molar-refractivity contribution in [2.24, 2.45) is 0 Å². The molecule has 510 valence electrons. The van der Waals surface area contributed by atoms with Crippen molar-refractivity contribution >= 4 is 23.8 Å². The molecule has 0 spiro atoms. The van der Waals surface area contributed by atoms with Crippen LogP contribution in [-0.2, 0) is 33.4 Å². The molecule has 0 aliphatic carbocycles. The molecule has 0 aromatic heterocycles. The standard InChI is InChI=1S/C76H149N3O7/c1-5-9-13-17-21-25-29-33-37-41-45-49-53-57-65-77-73(80)61-66-78(67-62-74(81)84-70-58-54-50-46-42-38-34-30-26-22-18-14-10-6-2)79(68-63-75(82)85-71-59-55-51-47-43-39-35-31-27-23-19-15-11-7-3)69-64-76(83)86-72-60-56-52-48-44-40-36-32-28-24-20-16-12-8-4/h5-72H2,1-4H3,(H,77,80). The van der Waals surface area contributed by atoms with Crippen LogP contribution >= 0.6 is 0 Å². The summed E-state index contributed by atoms with van der Waals surface area (Å²) in [6, 6.07) is 0. The van der Waals surface area contributed by atoms with Gasteiger partial charge in [0.2, 0.25) is 5.91 Å². The smallest absolute Gasteiger partial charge is 0.307 e. The first-order valence-corrected chi connectivity index (χ1v) is 38.6. The van der Waals surface area contributed by atoms with Crippen LogP contribution in [0.2, 0.25) is 0 Å². The van der Waals surface area contributed by atoms with Crippen LogP contribution < -0.4 is 5.32 Å². The van der Waals surface area contributed by atoms with E-state index in [1.165, 1.54) is 308 Å². The summed E-state index contributed by atoms with van der Waals surface area (Å²) in [5.41, 5.74) is 0. The molecule has 10 heteroatoms. The van der Waals surface area contributed by atoms with Gasteiger partial charge in [-0.2, -0.15) is 0 Å². The van der Waals surface area contributed by atoms with E-state index < -0.39 is 0 Å². The highest BCUT2D eigenvalue weighted by Gasteiger charge is 2.22. The Balaban J connectivity index is 5.35. The lowest BCUT2D eigenvalue weighted by molar-refractivity contribution is -0.150. The third kappa shape index (κ3) is 66.2. The van der Waals surface area contributed by atoms with Gasteiger partial charge in [-0.3, -0.25) is 19.2 Å². The van der Waals surface area contributed by atoms with Crippen LogP contribution in [0.5, 0.6) is 0 Å². The predicted molar refractivity (Wildman–Crippen MR) is 369 cm³/mol. The second kappa shape index (κ2) is 71.9. The summed E-state index contributed by atoms with van der Waals surface area (Å²) in [5, 5.41) is 7.15. The minimum atomic E-state index is -0.261. The molecule has 0 atom stereocenters. The quantitative estimate of drug-likeness (QED) is 0.0275. The molecule has 0 bridgehead atoms. The van der Waals surface area contributed by atoms with Gasteiger partial charge in [-0.15, -0.1) is 0 Å². The third-order valence-corrected chi connectivity index (χ3v) is 17.9. The van der Waals surface area contributed by atoms with E-state index in [4.69, 9.17) is 14.2 Å². The van der Waals surface area contributed by atoms with Gasteiger partial charge in [-0.05, 0) is 25.7 Å². The van der Waals surface area contributed by atoms with E-state index in [1.54, 1.807) is 0 Å². The van der Waals surface area contributed by atoms with Crippen molar-refractivity contribution in [3.05, 3.63) is 0 Å². The molecule has 1 amide bonds. The number of rotatable bonds is 73. The number of carbonyl (C=O) groups is 4. The summed E-state index contributed by atoms with van der Waals surface area (Å²) in [5.74, 6) is -0.802. The van der Waals surface area contributed by atoms with E-state index in [0.29, 0.717) is 52.5 Å². The highest BCUT2D eigenvalue weighted by Crippen LogP contribution is 2.18. The van der Waals surface area contributed by atoms with Crippen molar-refractivity contribution in [3.63, 3.8) is 0 Å². The van der Waals surface area contributed by atoms with Crippen molar-refractivity contribution in [3.8, 4) is 0 Å². The molecule has 0 aliphatic rings. The van der Waals surface area contributed by atoms with E-state index in [9.17, 15) is 19.2 Å². The maximum absolute atomic E-state index is 13.4. The number of nitrogens with zero attached hydrogens (tertiary/aromatic N) is 2. The van der Waals surface area contributed by atoms with E-state index in [0.717, 1.165) is 51.4 Å². The largest absolute Gasteiger partial charge is 0.466 e. The van der Waals surface area contributed by atoms with Crippen LogP contribution in [0, 0.1) is 0 Å². The van der Waals surface area contributed by atoms with Crippen LogP contribution in [0.15, 0.2) is 0 Å². The number of hydrazine groups is 1. The van der Waals surface area contributed by atoms with Gasteiger partial charge >= 0.3 is 17.9 Å². The predicted octanol–water partition coefficient (Wildman–Crippen LogP) is 22.7. The molecule has 0 aromatic rings. The average molecular weight is 1220 g/mol. The monoisotopic (exact) mass is 1220 g/mol. The van der Waals surface area contributed by atoms with Gasteiger partial charge in [0.05, 0.1) is 39.1 Å². The van der Waals surface area contributed by atoms with Crippen LogP contribution in [0.3, 0.4) is 0 Å². The number of amides is 1. The van der Waals surface area contributed by atoms with Crippen molar-refractivity contribution in [1.82, 2.24) is 15.3 Å². The Morgan fingerprint density at radius 3 is 0.616 bits per heavy atom. The molecular formula is C76H149N3O7. The lowest BCUT2D eigenvalue weighted by Crippen LogP contribution is -2.47. The van der Waals surface area contributed by atoms with Crippen LogP contribution in [-0.4, -0.2) is 86.4 Å². The minimum Gasteiger partial charge on any atom is -0.466 e. The Kier molecular flexibility index (Phi) is 70.0. The van der Waals surface area contributed by atoms with Gasteiger partial charge in [0, 0.05) is 39.1 Å². The van der Waals surface area contributed by atoms with E-state index in [2.05, 4.69) is 33.0 Å². The Bertz CT molecular complexity index is 1200. The third-order valence-electron chi connectivity index (χ3n) is 17.9. The lowest BCUT2D eigenvalue weighted by Gasteiger charge is -2.34. The molecule has 0 rings (SSSR count). The number of unbranched alkanes of at least 4 members (excludes halogenated alkanes) is 52. The van der Waals surface area contributed by atoms with Gasteiger partial charge in [-0.1, -0.05) is 362 Å². The zero-order valence-electron chi connectivity index (χ0n) is 58.3. The Morgan fingerprint density at radius 1 is 0.233 bits per heavy atom. The molecule has 10 nitrogen and oxygen atoms in total. The van der Waals surface area contributed by atoms with Crippen LogP contribution in [0.4, 0.5) is 0 Å². The molecular weight excluding hydrogens is 1070 g/mol. The van der Waals surface area contributed by atoms with E-state index in [1.807, 2.05) is 10.0 Å². The maximum Gasteiger partial charge on any atom is 0.307 e. The van der Waals surface area contributed by atoms with Crippen molar-refractivity contribution in [2.45, 2.75) is 413 Å². The number of hydrogen-bond acceptors (Lipinski definition) is 9. The second-order valence-electron chi connectivity index (χ2n) is 26.3. The SMILES string of the molecule is CCCCCCCCCCCCCCCCNC(=O)CCN(CCC(=O)OCCCCCCCCCCCCCCCC)N(CCC(=O)OCCCCCCCCCCCCCCCC)CCC(=O)OCCCCCCCCCCCCCCCC. The van der Waals surface area contributed by atoms with Crippen molar-refractivity contribution in [2.75, 3.05) is 52.5 Å². The first-order chi connectivity index (χ1) is 42.4. The number of hydrogen-bond donors (Lipinski definition) is 1. The highest BCUT2D eigenvalue weighted by molar-refractivity contribution is 5.76. The second-order valence-corrected chi connectivity index (χ2v) is 26.3. The van der Waals surface area contributed by atoms with Gasteiger partial charge in [0.15, 0.2) is 0 Å². The number of esters is 3.